The van der Waals surface area contributed by atoms with Gasteiger partial charge in [0, 0.05) is 11.3 Å². The second-order valence-electron chi connectivity index (χ2n) is 4.11. The molecule has 0 amide bonds. The van der Waals surface area contributed by atoms with E-state index in [0.717, 1.165) is 29.1 Å². The zero-order valence-corrected chi connectivity index (χ0v) is 11.2. The lowest BCUT2D eigenvalue weighted by Gasteiger charge is -2.08. The fourth-order valence-corrected chi connectivity index (χ4v) is 1.95. The fraction of sp³-hybridized carbons (Fsp3) is 0.357. The number of methoxy groups -OCH3 is 2. The number of nitrogens with zero attached hydrogens (tertiary/aromatic N) is 1. The number of hydrogen-bond acceptors (Lipinski definition) is 3. The van der Waals surface area contributed by atoms with Gasteiger partial charge < -0.3 is 14.5 Å². The van der Waals surface area contributed by atoms with Gasteiger partial charge in [-0.2, -0.15) is 4.98 Å². The van der Waals surface area contributed by atoms with Gasteiger partial charge in [-0.1, -0.05) is 13.0 Å². The van der Waals surface area contributed by atoms with Crippen molar-refractivity contribution in [3.05, 3.63) is 29.5 Å². The summed E-state index contributed by atoms with van der Waals surface area (Å²) < 4.78 is 10.5. The first kappa shape index (κ1) is 12.5. The molecule has 0 fully saturated rings. The number of hydrogen-bond donors (Lipinski definition) is 1. The van der Waals surface area contributed by atoms with Crippen LogP contribution in [-0.4, -0.2) is 24.2 Å². The van der Waals surface area contributed by atoms with Crippen LogP contribution >= 0.6 is 0 Å². The molecule has 0 radical (unpaired) electrons. The molecule has 4 nitrogen and oxygen atoms in total. The third kappa shape index (κ3) is 2.18. The molecule has 96 valence electrons. The van der Waals surface area contributed by atoms with Gasteiger partial charge in [0.25, 0.3) is 6.01 Å². The SMILES string of the molecule is CCc1ccc(OC)c(-c2nc(OC)[nH]c2C)c1. The van der Waals surface area contributed by atoms with Crippen molar-refractivity contribution in [1.82, 2.24) is 9.97 Å². The van der Waals surface area contributed by atoms with Crippen molar-refractivity contribution in [2.45, 2.75) is 20.3 Å². The lowest BCUT2D eigenvalue weighted by atomic mass is 10.0. The van der Waals surface area contributed by atoms with Gasteiger partial charge >= 0.3 is 0 Å². The van der Waals surface area contributed by atoms with Crippen LogP contribution in [0.2, 0.25) is 0 Å². The highest BCUT2D eigenvalue weighted by atomic mass is 16.5. The first-order valence-corrected chi connectivity index (χ1v) is 5.97. The molecule has 1 N–H and O–H groups in total. The van der Waals surface area contributed by atoms with Gasteiger partial charge in [-0.15, -0.1) is 0 Å². The largest absolute Gasteiger partial charge is 0.496 e. The Bertz CT molecular complexity index is 547. The summed E-state index contributed by atoms with van der Waals surface area (Å²) in [6, 6.07) is 6.68. The minimum atomic E-state index is 0.520. The molecule has 2 rings (SSSR count). The first-order valence-electron chi connectivity index (χ1n) is 5.97. The summed E-state index contributed by atoms with van der Waals surface area (Å²) >= 11 is 0. The van der Waals surface area contributed by atoms with Gasteiger partial charge in [-0.3, -0.25) is 0 Å². The Labute approximate surface area is 107 Å². The second kappa shape index (κ2) is 5.12. The minimum Gasteiger partial charge on any atom is -0.496 e. The van der Waals surface area contributed by atoms with Gasteiger partial charge in [-0.05, 0) is 31.0 Å². The van der Waals surface area contributed by atoms with Crippen LogP contribution in [0.5, 0.6) is 11.8 Å². The van der Waals surface area contributed by atoms with E-state index in [0.29, 0.717) is 6.01 Å². The number of H-pyrrole nitrogens is 1. The summed E-state index contributed by atoms with van der Waals surface area (Å²) in [5, 5.41) is 0. The highest BCUT2D eigenvalue weighted by Crippen LogP contribution is 2.32. The summed E-state index contributed by atoms with van der Waals surface area (Å²) in [7, 11) is 3.27. The van der Waals surface area contributed by atoms with Crippen molar-refractivity contribution >= 4 is 0 Å². The third-order valence-corrected chi connectivity index (χ3v) is 2.98. The van der Waals surface area contributed by atoms with E-state index in [9.17, 15) is 0 Å². The number of aryl methyl sites for hydroxylation is 2. The average Bonchev–Trinajstić information content (AvgIpc) is 2.79. The van der Waals surface area contributed by atoms with Crippen molar-refractivity contribution in [3.8, 4) is 23.0 Å². The molecule has 0 spiro atoms. The Morgan fingerprint density at radius 2 is 2.00 bits per heavy atom. The van der Waals surface area contributed by atoms with E-state index in [1.807, 2.05) is 13.0 Å². The normalized spacial score (nSPS) is 10.4. The molecule has 0 aliphatic carbocycles. The summed E-state index contributed by atoms with van der Waals surface area (Å²) in [5.41, 5.74) is 4.10. The number of aromatic nitrogens is 2. The van der Waals surface area contributed by atoms with E-state index < -0.39 is 0 Å². The zero-order chi connectivity index (χ0) is 13.1. The van der Waals surface area contributed by atoms with Crippen LogP contribution in [0.3, 0.4) is 0 Å². The minimum absolute atomic E-state index is 0.520. The smallest absolute Gasteiger partial charge is 0.294 e. The molecule has 18 heavy (non-hydrogen) atoms. The molecular formula is C14H18N2O2. The lowest BCUT2D eigenvalue weighted by molar-refractivity contribution is 0.384. The Morgan fingerprint density at radius 3 is 2.56 bits per heavy atom. The van der Waals surface area contributed by atoms with Crippen molar-refractivity contribution in [2.75, 3.05) is 14.2 Å². The van der Waals surface area contributed by atoms with Crippen LogP contribution < -0.4 is 9.47 Å². The number of ether oxygens (including phenoxy) is 2. The molecule has 2 aromatic rings. The van der Waals surface area contributed by atoms with Gasteiger partial charge in [0.15, 0.2) is 0 Å². The molecule has 1 heterocycles. The summed E-state index contributed by atoms with van der Waals surface area (Å²) in [6.45, 7) is 4.10. The quantitative estimate of drug-likeness (QED) is 0.902. The van der Waals surface area contributed by atoms with Gasteiger partial charge in [0.2, 0.25) is 0 Å². The summed E-state index contributed by atoms with van der Waals surface area (Å²) in [4.78, 5) is 7.52. The summed E-state index contributed by atoms with van der Waals surface area (Å²) in [5.74, 6) is 0.824. The Hall–Kier alpha value is -1.97. The molecule has 0 aliphatic rings. The first-order chi connectivity index (χ1) is 8.69. The van der Waals surface area contributed by atoms with E-state index in [4.69, 9.17) is 9.47 Å². The van der Waals surface area contributed by atoms with E-state index in [1.165, 1.54) is 5.56 Å². The maximum absolute atomic E-state index is 5.40. The van der Waals surface area contributed by atoms with E-state index in [-0.39, 0.29) is 0 Å². The van der Waals surface area contributed by atoms with Crippen LogP contribution in [0.4, 0.5) is 0 Å². The Kier molecular flexibility index (Phi) is 3.55. The topological polar surface area (TPSA) is 47.1 Å². The maximum Gasteiger partial charge on any atom is 0.294 e. The Balaban J connectivity index is 2.56. The molecule has 0 aliphatic heterocycles. The van der Waals surface area contributed by atoms with Crippen molar-refractivity contribution in [2.24, 2.45) is 0 Å². The van der Waals surface area contributed by atoms with Crippen molar-refractivity contribution < 1.29 is 9.47 Å². The Morgan fingerprint density at radius 1 is 1.22 bits per heavy atom. The van der Waals surface area contributed by atoms with E-state index in [1.54, 1.807) is 14.2 Å². The van der Waals surface area contributed by atoms with Crippen LogP contribution in [0.25, 0.3) is 11.3 Å². The molecule has 0 unspecified atom stereocenters. The molecule has 0 saturated heterocycles. The summed E-state index contributed by atoms with van der Waals surface area (Å²) in [6.07, 6.45) is 0.984. The highest BCUT2D eigenvalue weighted by Gasteiger charge is 2.14. The maximum atomic E-state index is 5.40. The standard InChI is InChI=1S/C14H18N2O2/c1-5-10-6-7-12(17-3)11(8-10)13-9(2)15-14(16-13)18-4/h6-8H,5H2,1-4H3,(H,15,16). The molecule has 0 saturated carbocycles. The number of rotatable bonds is 4. The van der Waals surface area contributed by atoms with Gasteiger partial charge in [-0.25, -0.2) is 0 Å². The van der Waals surface area contributed by atoms with Crippen LogP contribution in [0, 0.1) is 6.92 Å². The van der Waals surface area contributed by atoms with Gasteiger partial charge in [0.1, 0.15) is 5.75 Å². The van der Waals surface area contributed by atoms with Crippen LogP contribution in [-0.2, 0) is 6.42 Å². The molecular weight excluding hydrogens is 228 g/mol. The fourth-order valence-electron chi connectivity index (χ4n) is 1.95. The molecule has 1 aromatic heterocycles. The predicted octanol–water partition coefficient (Wildman–Crippen LogP) is 2.96. The zero-order valence-electron chi connectivity index (χ0n) is 11.2. The lowest BCUT2D eigenvalue weighted by Crippen LogP contribution is -1.92. The van der Waals surface area contributed by atoms with Gasteiger partial charge in [0.05, 0.1) is 19.9 Å². The monoisotopic (exact) mass is 246 g/mol. The van der Waals surface area contributed by atoms with E-state index >= 15 is 0 Å². The number of benzene rings is 1. The highest BCUT2D eigenvalue weighted by molar-refractivity contribution is 5.70. The molecule has 4 heteroatoms. The van der Waals surface area contributed by atoms with Crippen LogP contribution in [0.15, 0.2) is 18.2 Å². The van der Waals surface area contributed by atoms with Crippen molar-refractivity contribution in [3.63, 3.8) is 0 Å². The molecule has 0 bridgehead atoms. The molecule has 0 atom stereocenters. The molecule has 1 aromatic carbocycles. The number of nitrogens with one attached hydrogen (secondary N) is 1. The van der Waals surface area contributed by atoms with Crippen molar-refractivity contribution in [1.29, 1.82) is 0 Å². The number of aromatic amines is 1. The second-order valence-corrected chi connectivity index (χ2v) is 4.11. The average molecular weight is 246 g/mol. The number of imidazole rings is 1. The van der Waals surface area contributed by atoms with E-state index in [2.05, 4.69) is 29.0 Å². The van der Waals surface area contributed by atoms with Crippen LogP contribution in [0.1, 0.15) is 18.2 Å². The predicted molar refractivity (Wildman–Crippen MR) is 71.2 cm³/mol. The third-order valence-electron chi connectivity index (χ3n) is 2.98.